The number of carbonyl (C=O) groups is 2. The highest BCUT2D eigenvalue weighted by molar-refractivity contribution is 5.90. The lowest BCUT2D eigenvalue weighted by atomic mass is 10.2. The monoisotopic (exact) mass is 289 g/mol. The Hall–Kier alpha value is -2.76. The van der Waals surface area contributed by atoms with Gasteiger partial charge in [-0.05, 0) is 31.2 Å². The Labute approximate surface area is 121 Å². The molecule has 1 unspecified atom stereocenters. The van der Waals surface area contributed by atoms with Crippen molar-refractivity contribution >= 4 is 17.6 Å². The highest BCUT2D eigenvalue weighted by Crippen LogP contribution is 2.29. The van der Waals surface area contributed by atoms with Crippen molar-refractivity contribution in [2.75, 3.05) is 5.32 Å². The number of hydrogen-bond acceptors (Lipinski definition) is 4. The van der Waals surface area contributed by atoms with Crippen LogP contribution in [0.3, 0.4) is 0 Å². The minimum atomic E-state index is -1.13. The van der Waals surface area contributed by atoms with Crippen molar-refractivity contribution in [3.63, 3.8) is 0 Å². The number of benzene rings is 1. The molecule has 1 heterocycles. The van der Waals surface area contributed by atoms with Crippen LogP contribution >= 0.6 is 0 Å². The molecule has 0 bridgehead atoms. The molecule has 1 aromatic heterocycles. The summed E-state index contributed by atoms with van der Waals surface area (Å²) >= 11 is 0. The molecule has 0 saturated carbocycles. The molecule has 0 aliphatic heterocycles. The standard InChI is InChI=1S/C15H15NO5/c1-9(12-7-8-14(21-12)15(18)19)20-13-6-4-3-5-11(13)16-10(2)17/h3-9H,1-2H3,(H,16,17)(H,18,19). The number of furan rings is 1. The van der Waals surface area contributed by atoms with Gasteiger partial charge in [0.2, 0.25) is 11.7 Å². The normalized spacial score (nSPS) is 11.7. The van der Waals surface area contributed by atoms with E-state index in [4.69, 9.17) is 14.3 Å². The first-order valence-electron chi connectivity index (χ1n) is 6.33. The SMILES string of the molecule is CC(=O)Nc1ccccc1OC(C)c1ccc(C(=O)O)o1. The second kappa shape index (κ2) is 6.13. The molecule has 0 aliphatic rings. The van der Waals surface area contributed by atoms with E-state index >= 15 is 0 Å². The number of rotatable bonds is 5. The van der Waals surface area contributed by atoms with Crippen molar-refractivity contribution in [3.8, 4) is 5.75 Å². The van der Waals surface area contributed by atoms with Crippen molar-refractivity contribution in [1.82, 2.24) is 0 Å². The molecule has 2 N–H and O–H groups in total. The molecule has 6 nitrogen and oxygen atoms in total. The van der Waals surface area contributed by atoms with E-state index in [2.05, 4.69) is 5.32 Å². The molecule has 1 aromatic carbocycles. The van der Waals surface area contributed by atoms with E-state index < -0.39 is 12.1 Å². The third-order valence-corrected chi connectivity index (χ3v) is 2.74. The fourth-order valence-corrected chi connectivity index (χ4v) is 1.80. The van der Waals surface area contributed by atoms with E-state index in [1.807, 2.05) is 0 Å². The van der Waals surface area contributed by atoms with Gasteiger partial charge in [-0.3, -0.25) is 4.79 Å². The minimum Gasteiger partial charge on any atom is -0.481 e. The minimum absolute atomic E-state index is 0.143. The quantitative estimate of drug-likeness (QED) is 0.883. The number of amides is 1. The van der Waals surface area contributed by atoms with Crippen molar-refractivity contribution in [2.45, 2.75) is 20.0 Å². The van der Waals surface area contributed by atoms with Crippen LogP contribution < -0.4 is 10.1 Å². The van der Waals surface area contributed by atoms with Gasteiger partial charge in [0, 0.05) is 6.92 Å². The third-order valence-electron chi connectivity index (χ3n) is 2.74. The van der Waals surface area contributed by atoms with Crippen LogP contribution in [0.25, 0.3) is 0 Å². The second-order valence-electron chi connectivity index (χ2n) is 4.44. The summed E-state index contributed by atoms with van der Waals surface area (Å²) < 4.78 is 10.9. The van der Waals surface area contributed by atoms with E-state index in [-0.39, 0.29) is 11.7 Å². The molecule has 1 amide bonds. The Morgan fingerprint density at radius 3 is 2.57 bits per heavy atom. The Balaban J connectivity index is 2.16. The lowest BCUT2D eigenvalue weighted by Crippen LogP contribution is -2.09. The molecule has 2 rings (SSSR count). The Morgan fingerprint density at radius 1 is 1.24 bits per heavy atom. The van der Waals surface area contributed by atoms with Crippen LogP contribution in [-0.4, -0.2) is 17.0 Å². The van der Waals surface area contributed by atoms with Crippen molar-refractivity contribution in [2.24, 2.45) is 0 Å². The summed E-state index contributed by atoms with van der Waals surface area (Å²) in [7, 11) is 0. The van der Waals surface area contributed by atoms with Crippen LogP contribution in [0.2, 0.25) is 0 Å². The lowest BCUT2D eigenvalue weighted by Gasteiger charge is -2.15. The van der Waals surface area contributed by atoms with Gasteiger partial charge in [0.05, 0.1) is 5.69 Å². The molecule has 0 saturated heterocycles. The first-order valence-corrected chi connectivity index (χ1v) is 6.33. The summed E-state index contributed by atoms with van der Waals surface area (Å²) in [6.07, 6.45) is -0.493. The molecule has 1 atom stereocenters. The number of carboxylic acid groups (broad SMARTS) is 1. The first-order chi connectivity index (χ1) is 9.97. The Morgan fingerprint density at radius 2 is 1.95 bits per heavy atom. The van der Waals surface area contributed by atoms with E-state index in [0.717, 1.165) is 0 Å². The molecule has 6 heteroatoms. The van der Waals surface area contributed by atoms with E-state index in [1.165, 1.54) is 13.0 Å². The highest BCUT2D eigenvalue weighted by atomic mass is 16.5. The summed E-state index contributed by atoms with van der Waals surface area (Å²) in [6, 6.07) is 9.90. The zero-order chi connectivity index (χ0) is 15.4. The van der Waals surface area contributed by atoms with Crippen molar-refractivity contribution < 1.29 is 23.8 Å². The Bertz CT molecular complexity index is 662. The molecule has 0 aliphatic carbocycles. The lowest BCUT2D eigenvalue weighted by molar-refractivity contribution is -0.114. The van der Waals surface area contributed by atoms with Gasteiger partial charge in [-0.1, -0.05) is 12.1 Å². The number of carbonyl (C=O) groups excluding carboxylic acids is 1. The average molecular weight is 289 g/mol. The van der Waals surface area contributed by atoms with Crippen LogP contribution in [0.1, 0.15) is 36.3 Å². The van der Waals surface area contributed by atoms with Gasteiger partial charge in [-0.25, -0.2) is 4.79 Å². The summed E-state index contributed by atoms with van der Waals surface area (Å²) in [5.41, 5.74) is 0.543. The first kappa shape index (κ1) is 14.6. The predicted octanol–water partition coefficient (Wildman–Crippen LogP) is 3.08. The summed E-state index contributed by atoms with van der Waals surface area (Å²) in [5, 5.41) is 11.5. The number of carboxylic acids is 1. The maximum Gasteiger partial charge on any atom is 0.371 e. The smallest absolute Gasteiger partial charge is 0.371 e. The molecule has 0 fully saturated rings. The number of para-hydroxylation sites is 2. The number of nitrogens with one attached hydrogen (secondary N) is 1. The van der Waals surface area contributed by atoms with Gasteiger partial charge < -0.3 is 19.6 Å². The molecule has 21 heavy (non-hydrogen) atoms. The van der Waals surface area contributed by atoms with E-state index in [1.54, 1.807) is 37.3 Å². The van der Waals surface area contributed by atoms with Crippen LogP contribution in [0.15, 0.2) is 40.8 Å². The molecular weight excluding hydrogens is 274 g/mol. The van der Waals surface area contributed by atoms with Crippen molar-refractivity contribution in [1.29, 1.82) is 0 Å². The van der Waals surface area contributed by atoms with Crippen LogP contribution in [0, 0.1) is 0 Å². The maximum absolute atomic E-state index is 11.1. The van der Waals surface area contributed by atoms with Crippen LogP contribution in [0.4, 0.5) is 5.69 Å². The second-order valence-corrected chi connectivity index (χ2v) is 4.44. The molecule has 0 spiro atoms. The predicted molar refractivity (Wildman–Crippen MR) is 75.5 cm³/mol. The third kappa shape index (κ3) is 3.62. The van der Waals surface area contributed by atoms with Crippen molar-refractivity contribution in [3.05, 3.63) is 47.9 Å². The Kier molecular flexibility index (Phi) is 4.27. The van der Waals surface area contributed by atoms with E-state index in [9.17, 15) is 9.59 Å². The van der Waals surface area contributed by atoms with Gasteiger partial charge >= 0.3 is 5.97 Å². The fraction of sp³-hybridized carbons (Fsp3) is 0.200. The number of hydrogen-bond donors (Lipinski definition) is 2. The summed E-state index contributed by atoms with van der Waals surface area (Å²) in [5.74, 6) is -0.605. The largest absolute Gasteiger partial charge is 0.481 e. The summed E-state index contributed by atoms with van der Waals surface area (Å²) in [6.45, 7) is 3.14. The van der Waals surface area contributed by atoms with Gasteiger partial charge in [-0.15, -0.1) is 0 Å². The van der Waals surface area contributed by atoms with Crippen LogP contribution in [0.5, 0.6) is 5.75 Å². The van der Waals surface area contributed by atoms with E-state index in [0.29, 0.717) is 17.2 Å². The summed E-state index contributed by atoms with van der Waals surface area (Å²) in [4.78, 5) is 21.9. The average Bonchev–Trinajstić information content (AvgIpc) is 2.90. The van der Waals surface area contributed by atoms with Gasteiger partial charge in [0.25, 0.3) is 0 Å². The van der Waals surface area contributed by atoms with Gasteiger partial charge in [0.15, 0.2) is 6.10 Å². The fourth-order valence-electron chi connectivity index (χ4n) is 1.80. The number of ether oxygens (including phenoxy) is 1. The van der Waals surface area contributed by atoms with Crippen LogP contribution in [-0.2, 0) is 4.79 Å². The molecular formula is C15H15NO5. The highest BCUT2D eigenvalue weighted by Gasteiger charge is 2.16. The molecule has 2 aromatic rings. The van der Waals surface area contributed by atoms with Gasteiger partial charge in [0.1, 0.15) is 11.5 Å². The number of aromatic carboxylic acids is 1. The topological polar surface area (TPSA) is 88.8 Å². The zero-order valence-electron chi connectivity index (χ0n) is 11.6. The molecule has 110 valence electrons. The maximum atomic E-state index is 11.1. The zero-order valence-corrected chi connectivity index (χ0v) is 11.6. The molecule has 0 radical (unpaired) electrons. The van der Waals surface area contributed by atoms with Gasteiger partial charge in [-0.2, -0.15) is 0 Å². The number of anilines is 1.